The Bertz CT molecular complexity index is 802. The van der Waals surface area contributed by atoms with E-state index < -0.39 is 10.0 Å². The summed E-state index contributed by atoms with van der Waals surface area (Å²) in [6, 6.07) is 13.0. The van der Waals surface area contributed by atoms with Gasteiger partial charge >= 0.3 is 0 Å². The van der Waals surface area contributed by atoms with E-state index in [-0.39, 0.29) is 10.8 Å². The lowest BCUT2D eigenvalue weighted by molar-refractivity contribution is 0.0951. The molecule has 0 bridgehead atoms. The van der Waals surface area contributed by atoms with Crippen LogP contribution in [0.4, 0.5) is 0 Å². The Kier molecular flexibility index (Phi) is 5.41. The molecule has 0 unspecified atom stereocenters. The van der Waals surface area contributed by atoms with E-state index in [2.05, 4.69) is 5.32 Å². The van der Waals surface area contributed by atoms with E-state index in [1.165, 1.54) is 38.4 Å². The number of rotatable bonds is 5. The third kappa shape index (κ3) is 4.10. The Hall–Kier alpha value is -1.89. The van der Waals surface area contributed by atoms with Gasteiger partial charge in [0.1, 0.15) is 0 Å². The molecule has 122 valence electrons. The van der Waals surface area contributed by atoms with Crippen molar-refractivity contribution in [2.45, 2.75) is 11.4 Å². The van der Waals surface area contributed by atoms with Gasteiger partial charge in [-0.05, 0) is 35.9 Å². The maximum Gasteiger partial charge on any atom is 0.251 e. The molecule has 0 spiro atoms. The zero-order valence-corrected chi connectivity index (χ0v) is 14.4. The highest BCUT2D eigenvalue weighted by Crippen LogP contribution is 2.16. The molecule has 0 aliphatic heterocycles. The van der Waals surface area contributed by atoms with Gasteiger partial charge in [-0.15, -0.1) is 0 Å². The molecule has 5 nitrogen and oxygen atoms in total. The summed E-state index contributed by atoms with van der Waals surface area (Å²) in [5, 5.41) is 3.34. The van der Waals surface area contributed by atoms with Gasteiger partial charge in [-0.25, -0.2) is 12.7 Å². The molecule has 0 aliphatic carbocycles. The fourth-order valence-corrected chi connectivity index (χ4v) is 3.01. The zero-order chi connectivity index (χ0) is 17.0. The molecule has 2 aromatic carbocycles. The quantitative estimate of drug-likeness (QED) is 0.899. The third-order valence-corrected chi connectivity index (χ3v) is 5.49. The van der Waals surface area contributed by atoms with Gasteiger partial charge in [-0.1, -0.05) is 29.8 Å². The minimum atomic E-state index is -3.50. The molecule has 0 saturated heterocycles. The second-order valence-corrected chi connectivity index (χ2v) is 7.64. The Balaban J connectivity index is 2.08. The van der Waals surface area contributed by atoms with E-state index in [9.17, 15) is 13.2 Å². The molecule has 1 N–H and O–H groups in total. The molecule has 0 fully saturated rings. The molecule has 1 amide bonds. The number of amides is 1. The Labute approximate surface area is 140 Å². The lowest BCUT2D eigenvalue weighted by Gasteiger charge is -2.12. The van der Waals surface area contributed by atoms with Crippen LogP contribution in [0.5, 0.6) is 0 Å². The molecule has 0 radical (unpaired) electrons. The van der Waals surface area contributed by atoms with Crippen LogP contribution >= 0.6 is 11.6 Å². The number of hydrogen-bond donors (Lipinski definition) is 1. The predicted molar refractivity (Wildman–Crippen MR) is 89.9 cm³/mol. The van der Waals surface area contributed by atoms with Crippen molar-refractivity contribution in [2.75, 3.05) is 14.1 Å². The number of nitrogens with one attached hydrogen (secondary N) is 1. The molecular formula is C16H17ClN2O3S. The van der Waals surface area contributed by atoms with Crippen molar-refractivity contribution >= 4 is 27.5 Å². The smallest absolute Gasteiger partial charge is 0.251 e. The van der Waals surface area contributed by atoms with Crippen LogP contribution in [0, 0.1) is 0 Å². The number of carbonyl (C=O) groups excluding carboxylic acids is 1. The van der Waals surface area contributed by atoms with E-state index in [0.29, 0.717) is 17.1 Å². The molecule has 2 aromatic rings. The number of hydrogen-bond acceptors (Lipinski definition) is 3. The van der Waals surface area contributed by atoms with E-state index >= 15 is 0 Å². The van der Waals surface area contributed by atoms with Crippen molar-refractivity contribution in [1.29, 1.82) is 0 Å². The second kappa shape index (κ2) is 7.12. The fraction of sp³-hybridized carbons (Fsp3) is 0.188. The minimum absolute atomic E-state index is 0.144. The maximum atomic E-state index is 12.1. The first kappa shape index (κ1) is 17.5. The highest BCUT2D eigenvalue weighted by atomic mass is 35.5. The second-order valence-electron chi connectivity index (χ2n) is 5.09. The number of carbonyl (C=O) groups is 1. The summed E-state index contributed by atoms with van der Waals surface area (Å²) in [4.78, 5) is 12.3. The summed E-state index contributed by atoms with van der Waals surface area (Å²) in [6.07, 6.45) is 0. The minimum Gasteiger partial charge on any atom is -0.348 e. The fourth-order valence-electron chi connectivity index (χ4n) is 1.91. The van der Waals surface area contributed by atoms with Crippen molar-refractivity contribution in [2.24, 2.45) is 0 Å². The number of sulfonamides is 1. The highest BCUT2D eigenvalue weighted by molar-refractivity contribution is 7.89. The number of nitrogens with zero attached hydrogens (tertiary/aromatic N) is 1. The van der Waals surface area contributed by atoms with E-state index in [0.717, 1.165) is 9.87 Å². The predicted octanol–water partition coefficient (Wildman–Crippen LogP) is 2.52. The molecule has 0 heterocycles. The van der Waals surface area contributed by atoms with Crippen LogP contribution in [0.25, 0.3) is 0 Å². The van der Waals surface area contributed by atoms with Gasteiger partial charge in [-0.3, -0.25) is 4.79 Å². The molecule has 7 heteroatoms. The van der Waals surface area contributed by atoms with Gasteiger partial charge in [0.25, 0.3) is 5.91 Å². The van der Waals surface area contributed by atoms with Gasteiger partial charge in [0, 0.05) is 31.2 Å². The summed E-state index contributed by atoms with van der Waals surface area (Å²) in [6.45, 7) is 0.302. The SMILES string of the molecule is CN(C)S(=O)(=O)c1ccc(C(=O)NCc2ccccc2Cl)cc1. The van der Waals surface area contributed by atoms with E-state index in [1.54, 1.807) is 6.07 Å². The summed E-state index contributed by atoms with van der Waals surface area (Å²) in [7, 11) is -0.580. The standard InChI is InChI=1S/C16H17ClN2O3S/c1-19(2)23(21,22)14-9-7-12(8-10-14)16(20)18-11-13-5-3-4-6-15(13)17/h3-10H,11H2,1-2H3,(H,18,20). The van der Waals surface area contributed by atoms with Crippen LogP contribution in [0.2, 0.25) is 5.02 Å². The van der Waals surface area contributed by atoms with Gasteiger partial charge in [0.15, 0.2) is 0 Å². The van der Waals surface area contributed by atoms with E-state index in [1.807, 2.05) is 18.2 Å². The zero-order valence-electron chi connectivity index (χ0n) is 12.8. The van der Waals surface area contributed by atoms with Crippen molar-refractivity contribution in [3.05, 3.63) is 64.7 Å². The molecule has 2 rings (SSSR count). The topological polar surface area (TPSA) is 66.5 Å². The van der Waals surface area contributed by atoms with Crippen molar-refractivity contribution in [3.8, 4) is 0 Å². The van der Waals surface area contributed by atoms with Crippen LogP contribution < -0.4 is 5.32 Å². The molecule has 23 heavy (non-hydrogen) atoms. The van der Waals surface area contributed by atoms with Crippen LogP contribution in [-0.2, 0) is 16.6 Å². The number of halogens is 1. The van der Waals surface area contributed by atoms with Gasteiger partial charge in [0.05, 0.1) is 4.90 Å². The van der Waals surface area contributed by atoms with Crippen LogP contribution in [0.15, 0.2) is 53.4 Å². The largest absolute Gasteiger partial charge is 0.348 e. The van der Waals surface area contributed by atoms with Crippen LogP contribution in [0.3, 0.4) is 0 Å². The number of benzene rings is 2. The molecular weight excluding hydrogens is 336 g/mol. The normalized spacial score (nSPS) is 11.5. The first-order valence-corrected chi connectivity index (χ1v) is 8.68. The Morgan fingerprint density at radius 1 is 1.09 bits per heavy atom. The van der Waals surface area contributed by atoms with Crippen molar-refractivity contribution < 1.29 is 13.2 Å². The van der Waals surface area contributed by atoms with Gasteiger partial charge in [0.2, 0.25) is 10.0 Å². The lowest BCUT2D eigenvalue weighted by atomic mass is 10.2. The van der Waals surface area contributed by atoms with Crippen LogP contribution in [0.1, 0.15) is 15.9 Å². The highest BCUT2D eigenvalue weighted by Gasteiger charge is 2.17. The molecule has 0 aliphatic rings. The average molecular weight is 353 g/mol. The van der Waals surface area contributed by atoms with Gasteiger partial charge in [-0.2, -0.15) is 0 Å². The van der Waals surface area contributed by atoms with E-state index in [4.69, 9.17) is 11.6 Å². The summed E-state index contributed by atoms with van der Waals surface area (Å²) in [5.41, 5.74) is 1.20. The summed E-state index contributed by atoms with van der Waals surface area (Å²) >= 11 is 6.03. The van der Waals surface area contributed by atoms with Gasteiger partial charge < -0.3 is 5.32 Å². The average Bonchev–Trinajstić information content (AvgIpc) is 2.53. The summed E-state index contributed by atoms with van der Waals surface area (Å²) in [5.74, 6) is -0.293. The first-order valence-electron chi connectivity index (χ1n) is 6.86. The first-order chi connectivity index (χ1) is 10.8. The lowest BCUT2D eigenvalue weighted by Crippen LogP contribution is -2.24. The monoisotopic (exact) mass is 352 g/mol. The van der Waals surface area contributed by atoms with Crippen LogP contribution in [-0.4, -0.2) is 32.7 Å². The Morgan fingerprint density at radius 2 is 1.70 bits per heavy atom. The molecule has 0 saturated carbocycles. The molecule has 0 atom stereocenters. The maximum absolute atomic E-state index is 12.1. The summed E-state index contributed by atoms with van der Waals surface area (Å²) < 4.78 is 25.1. The third-order valence-electron chi connectivity index (χ3n) is 3.29. The Morgan fingerprint density at radius 3 is 2.26 bits per heavy atom. The van der Waals surface area contributed by atoms with Crippen molar-refractivity contribution in [1.82, 2.24) is 9.62 Å². The van der Waals surface area contributed by atoms with Crippen molar-refractivity contribution in [3.63, 3.8) is 0 Å². The molecule has 0 aromatic heterocycles.